The summed E-state index contributed by atoms with van der Waals surface area (Å²) in [5, 5.41) is 12.8. The fraction of sp³-hybridized carbons (Fsp3) is 0.462. The van der Waals surface area contributed by atoms with E-state index < -0.39 is 0 Å². The number of hydrogen-bond donors (Lipinski definition) is 2. The number of phenols is 1. The number of amides is 1. The first-order valence-electron chi connectivity index (χ1n) is 5.97. The van der Waals surface area contributed by atoms with Gasteiger partial charge in [0.25, 0.3) is 5.91 Å². The van der Waals surface area contributed by atoms with Gasteiger partial charge in [0.15, 0.2) is 11.5 Å². The van der Waals surface area contributed by atoms with Crippen LogP contribution < -0.4 is 10.1 Å². The zero-order valence-electron chi connectivity index (χ0n) is 10.3. The van der Waals surface area contributed by atoms with Crippen molar-refractivity contribution in [2.45, 2.75) is 18.9 Å². The van der Waals surface area contributed by atoms with Crippen LogP contribution in [0, 0.1) is 0 Å². The maximum atomic E-state index is 12.0. The van der Waals surface area contributed by atoms with Gasteiger partial charge in [-0.3, -0.25) is 4.79 Å². The molecule has 0 atom stereocenters. The molecule has 1 aromatic carbocycles. The van der Waals surface area contributed by atoms with E-state index in [0.29, 0.717) is 19.0 Å². The van der Waals surface area contributed by atoms with Crippen LogP contribution in [0.5, 0.6) is 11.5 Å². The van der Waals surface area contributed by atoms with E-state index in [1.54, 1.807) is 18.2 Å². The maximum Gasteiger partial charge on any atom is 0.255 e. The van der Waals surface area contributed by atoms with Gasteiger partial charge in [-0.15, -0.1) is 0 Å². The van der Waals surface area contributed by atoms with E-state index in [0.717, 1.165) is 12.8 Å². The highest BCUT2D eigenvalue weighted by Gasteiger charge is 2.20. The fourth-order valence-corrected chi connectivity index (χ4v) is 1.98. The molecule has 0 bridgehead atoms. The molecule has 1 fully saturated rings. The summed E-state index contributed by atoms with van der Waals surface area (Å²) in [5.41, 5.74) is 0.237. The van der Waals surface area contributed by atoms with Crippen molar-refractivity contribution in [1.82, 2.24) is 5.32 Å². The van der Waals surface area contributed by atoms with E-state index in [1.165, 1.54) is 7.11 Å². The molecule has 1 heterocycles. The number of rotatable bonds is 3. The minimum absolute atomic E-state index is 0.108. The van der Waals surface area contributed by atoms with Crippen LogP contribution in [0.2, 0.25) is 0 Å². The molecule has 1 aromatic rings. The smallest absolute Gasteiger partial charge is 0.255 e. The zero-order valence-corrected chi connectivity index (χ0v) is 10.3. The molecule has 1 amide bonds. The minimum atomic E-state index is -0.279. The molecule has 5 nitrogen and oxygen atoms in total. The number of methoxy groups -OCH3 is 1. The number of nitrogens with one attached hydrogen (secondary N) is 1. The lowest BCUT2D eigenvalue weighted by Gasteiger charge is -2.23. The molecule has 2 N–H and O–H groups in total. The van der Waals surface area contributed by atoms with E-state index in [1.807, 2.05) is 0 Å². The summed E-state index contributed by atoms with van der Waals surface area (Å²) in [4.78, 5) is 12.0. The van der Waals surface area contributed by atoms with E-state index in [2.05, 4.69) is 5.32 Å². The Morgan fingerprint density at radius 2 is 2.17 bits per heavy atom. The highest BCUT2D eigenvalue weighted by molar-refractivity contribution is 5.97. The highest BCUT2D eigenvalue weighted by Crippen LogP contribution is 2.29. The first-order chi connectivity index (χ1) is 8.72. The molecule has 18 heavy (non-hydrogen) atoms. The molecule has 0 aromatic heterocycles. The van der Waals surface area contributed by atoms with Crippen LogP contribution in [0.1, 0.15) is 23.2 Å². The van der Waals surface area contributed by atoms with Crippen molar-refractivity contribution in [3.05, 3.63) is 23.8 Å². The molecule has 0 aliphatic carbocycles. The van der Waals surface area contributed by atoms with Gasteiger partial charge in [-0.2, -0.15) is 0 Å². The number of hydrogen-bond acceptors (Lipinski definition) is 4. The van der Waals surface area contributed by atoms with Gasteiger partial charge < -0.3 is 19.9 Å². The second-order valence-electron chi connectivity index (χ2n) is 4.22. The summed E-state index contributed by atoms with van der Waals surface area (Å²) in [6.45, 7) is 1.32. The first kappa shape index (κ1) is 12.7. The molecular formula is C13H17NO4. The van der Waals surface area contributed by atoms with Crippen molar-refractivity contribution in [3.8, 4) is 11.5 Å². The van der Waals surface area contributed by atoms with E-state index in [-0.39, 0.29) is 23.3 Å². The molecule has 1 aliphatic rings. The van der Waals surface area contributed by atoms with Crippen LogP contribution in [0.15, 0.2) is 18.2 Å². The standard InChI is InChI=1S/C13H17NO4/c1-17-11-4-2-3-10(12(11)15)13(16)14-9-5-7-18-8-6-9/h2-4,9,15H,5-8H2,1H3,(H,14,16). The van der Waals surface area contributed by atoms with Crippen LogP contribution in [-0.4, -0.2) is 37.4 Å². The Kier molecular flexibility index (Phi) is 4.04. The number of ether oxygens (including phenoxy) is 2. The number of aromatic hydroxyl groups is 1. The number of phenolic OH excluding ortho intramolecular Hbond substituents is 1. The predicted molar refractivity (Wildman–Crippen MR) is 66.0 cm³/mol. The summed E-state index contributed by atoms with van der Waals surface area (Å²) in [6.07, 6.45) is 1.60. The van der Waals surface area contributed by atoms with Gasteiger partial charge in [0, 0.05) is 19.3 Å². The monoisotopic (exact) mass is 251 g/mol. The summed E-state index contributed by atoms with van der Waals surface area (Å²) in [6, 6.07) is 4.97. The summed E-state index contributed by atoms with van der Waals surface area (Å²) < 4.78 is 10.2. The van der Waals surface area contributed by atoms with Gasteiger partial charge >= 0.3 is 0 Å². The van der Waals surface area contributed by atoms with Crippen molar-refractivity contribution in [3.63, 3.8) is 0 Å². The molecule has 0 spiro atoms. The van der Waals surface area contributed by atoms with E-state index in [4.69, 9.17) is 9.47 Å². The number of carbonyl (C=O) groups excluding carboxylic acids is 1. The molecule has 1 aliphatic heterocycles. The third-order valence-electron chi connectivity index (χ3n) is 3.02. The normalized spacial score (nSPS) is 16.3. The predicted octanol–water partition coefficient (Wildman–Crippen LogP) is 1.31. The van der Waals surface area contributed by atoms with E-state index >= 15 is 0 Å². The summed E-state index contributed by atoms with van der Waals surface area (Å²) in [7, 11) is 1.45. The van der Waals surface area contributed by atoms with Crippen LogP contribution in [0.25, 0.3) is 0 Å². The van der Waals surface area contributed by atoms with Crippen molar-refractivity contribution in [2.24, 2.45) is 0 Å². The van der Waals surface area contributed by atoms with Crippen molar-refractivity contribution in [1.29, 1.82) is 0 Å². The Bertz CT molecular complexity index is 427. The lowest BCUT2D eigenvalue weighted by Crippen LogP contribution is -2.38. The number of para-hydroxylation sites is 1. The minimum Gasteiger partial charge on any atom is -0.504 e. The lowest BCUT2D eigenvalue weighted by atomic mass is 10.1. The average molecular weight is 251 g/mol. The quantitative estimate of drug-likeness (QED) is 0.850. The third-order valence-corrected chi connectivity index (χ3v) is 3.02. The van der Waals surface area contributed by atoms with Gasteiger partial charge in [0.1, 0.15) is 0 Å². The third kappa shape index (κ3) is 2.73. The number of benzene rings is 1. The largest absolute Gasteiger partial charge is 0.504 e. The molecule has 98 valence electrons. The van der Waals surface area contributed by atoms with Crippen molar-refractivity contribution in [2.75, 3.05) is 20.3 Å². The topological polar surface area (TPSA) is 67.8 Å². The van der Waals surface area contributed by atoms with Gasteiger partial charge in [-0.1, -0.05) is 6.07 Å². The molecule has 0 saturated carbocycles. The molecule has 0 radical (unpaired) electrons. The Hall–Kier alpha value is -1.75. The maximum absolute atomic E-state index is 12.0. The Labute approximate surface area is 106 Å². The van der Waals surface area contributed by atoms with Crippen LogP contribution >= 0.6 is 0 Å². The van der Waals surface area contributed by atoms with Gasteiger partial charge in [-0.25, -0.2) is 0 Å². The van der Waals surface area contributed by atoms with E-state index in [9.17, 15) is 9.90 Å². The molecular weight excluding hydrogens is 234 g/mol. The molecule has 1 saturated heterocycles. The zero-order chi connectivity index (χ0) is 13.0. The summed E-state index contributed by atoms with van der Waals surface area (Å²) >= 11 is 0. The second kappa shape index (κ2) is 5.73. The second-order valence-corrected chi connectivity index (χ2v) is 4.22. The summed E-state index contributed by atoms with van der Waals surface area (Å²) in [5.74, 6) is -0.0995. The number of carbonyl (C=O) groups is 1. The highest BCUT2D eigenvalue weighted by atomic mass is 16.5. The first-order valence-corrected chi connectivity index (χ1v) is 5.97. The van der Waals surface area contributed by atoms with Crippen LogP contribution in [0.4, 0.5) is 0 Å². The van der Waals surface area contributed by atoms with Gasteiger partial charge in [0.05, 0.1) is 12.7 Å². The molecule has 2 rings (SSSR count). The molecule has 0 unspecified atom stereocenters. The van der Waals surface area contributed by atoms with Gasteiger partial charge in [-0.05, 0) is 25.0 Å². The van der Waals surface area contributed by atoms with Crippen LogP contribution in [-0.2, 0) is 4.74 Å². The van der Waals surface area contributed by atoms with Gasteiger partial charge in [0.2, 0.25) is 0 Å². The Morgan fingerprint density at radius 3 is 2.83 bits per heavy atom. The molecule has 5 heteroatoms. The average Bonchev–Trinajstić information content (AvgIpc) is 2.40. The Morgan fingerprint density at radius 1 is 1.44 bits per heavy atom. The van der Waals surface area contributed by atoms with Crippen molar-refractivity contribution < 1.29 is 19.4 Å². The fourth-order valence-electron chi connectivity index (χ4n) is 1.98. The van der Waals surface area contributed by atoms with Crippen LogP contribution in [0.3, 0.4) is 0 Å². The van der Waals surface area contributed by atoms with Crippen molar-refractivity contribution >= 4 is 5.91 Å². The lowest BCUT2D eigenvalue weighted by molar-refractivity contribution is 0.0695. The SMILES string of the molecule is COc1cccc(C(=O)NC2CCOCC2)c1O. The Balaban J connectivity index is 2.08.